The highest BCUT2D eigenvalue weighted by atomic mass is 16.5. The summed E-state index contributed by atoms with van der Waals surface area (Å²) in [6.45, 7) is 7.00. The number of rotatable bonds is 5. The van der Waals surface area contributed by atoms with Gasteiger partial charge in [-0.3, -0.25) is 4.79 Å². The monoisotopic (exact) mass is 395 g/mol. The van der Waals surface area contributed by atoms with E-state index in [0.717, 1.165) is 61.4 Å². The van der Waals surface area contributed by atoms with Crippen LogP contribution in [-0.4, -0.2) is 45.8 Å². The molecular formula is C23H29N3O3. The largest absolute Gasteiger partial charge is 0.449 e. The molecule has 0 unspecified atom stereocenters. The number of ether oxygens (including phenoxy) is 1. The molecule has 154 valence electrons. The lowest BCUT2D eigenvalue weighted by atomic mass is 10.2. The molecule has 1 aromatic carbocycles. The highest BCUT2D eigenvalue weighted by molar-refractivity contribution is 5.90. The highest BCUT2D eigenvalue weighted by Gasteiger charge is 2.23. The van der Waals surface area contributed by atoms with Crippen LogP contribution in [-0.2, 0) is 14.3 Å². The second-order valence-corrected chi connectivity index (χ2v) is 7.48. The maximum Gasteiger partial charge on any atom is 0.331 e. The van der Waals surface area contributed by atoms with E-state index in [1.807, 2.05) is 53.8 Å². The lowest BCUT2D eigenvalue weighted by Crippen LogP contribution is -2.40. The van der Waals surface area contributed by atoms with Crippen LogP contribution in [0.4, 0.5) is 0 Å². The number of para-hydroxylation sites is 1. The maximum atomic E-state index is 12.5. The number of aromatic nitrogens is 2. The number of aryl methyl sites for hydroxylation is 1. The number of likely N-dealkylation sites (tertiary alicyclic amines) is 1. The predicted molar refractivity (Wildman–Crippen MR) is 113 cm³/mol. The number of amides is 1. The summed E-state index contributed by atoms with van der Waals surface area (Å²) < 4.78 is 7.21. The zero-order chi connectivity index (χ0) is 20.8. The molecule has 0 saturated carbocycles. The molecule has 1 aromatic heterocycles. The summed E-state index contributed by atoms with van der Waals surface area (Å²) in [5, 5.41) is 4.57. The van der Waals surface area contributed by atoms with Crippen molar-refractivity contribution in [3.8, 4) is 5.69 Å². The average Bonchev–Trinajstić information content (AvgIpc) is 2.90. The molecule has 1 saturated heterocycles. The summed E-state index contributed by atoms with van der Waals surface area (Å²) >= 11 is 0. The van der Waals surface area contributed by atoms with Gasteiger partial charge in [-0.2, -0.15) is 5.10 Å². The van der Waals surface area contributed by atoms with Crippen LogP contribution < -0.4 is 0 Å². The van der Waals surface area contributed by atoms with Crippen molar-refractivity contribution in [1.29, 1.82) is 0 Å². The second-order valence-electron chi connectivity index (χ2n) is 7.48. The number of benzene rings is 1. The number of esters is 1. The summed E-state index contributed by atoms with van der Waals surface area (Å²) in [5.41, 5.74) is 3.60. The first-order chi connectivity index (χ1) is 14.0. The molecule has 0 aliphatic carbocycles. The van der Waals surface area contributed by atoms with Crippen molar-refractivity contribution in [3.63, 3.8) is 0 Å². The maximum absolute atomic E-state index is 12.5. The van der Waals surface area contributed by atoms with E-state index in [1.54, 1.807) is 13.0 Å². The van der Waals surface area contributed by atoms with Crippen LogP contribution >= 0.6 is 0 Å². The number of hydrogen-bond donors (Lipinski definition) is 0. The van der Waals surface area contributed by atoms with Gasteiger partial charge in [0.15, 0.2) is 6.10 Å². The van der Waals surface area contributed by atoms with Gasteiger partial charge in [0.1, 0.15) is 0 Å². The van der Waals surface area contributed by atoms with E-state index in [4.69, 9.17) is 4.74 Å². The minimum Gasteiger partial charge on any atom is -0.449 e. The fraction of sp³-hybridized carbons (Fsp3) is 0.435. The molecule has 1 fully saturated rings. The van der Waals surface area contributed by atoms with Crippen molar-refractivity contribution >= 4 is 18.0 Å². The SMILES string of the molecule is Cc1nn(-c2ccccc2)c(C)c1/C=C/C(=O)O[C@H](C)C(=O)N1CCCCCC1. The van der Waals surface area contributed by atoms with Crippen LogP contribution in [0.2, 0.25) is 0 Å². The molecular weight excluding hydrogens is 366 g/mol. The van der Waals surface area contributed by atoms with Gasteiger partial charge in [0.2, 0.25) is 0 Å². The number of carbonyl (C=O) groups excluding carboxylic acids is 2. The van der Waals surface area contributed by atoms with E-state index in [2.05, 4.69) is 5.10 Å². The van der Waals surface area contributed by atoms with Gasteiger partial charge >= 0.3 is 5.97 Å². The molecule has 1 atom stereocenters. The summed E-state index contributed by atoms with van der Waals surface area (Å²) in [4.78, 5) is 26.6. The molecule has 0 spiro atoms. The first-order valence-corrected chi connectivity index (χ1v) is 10.3. The van der Waals surface area contributed by atoms with Gasteiger partial charge in [-0.1, -0.05) is 31.0 Å². The molecule has 1 aliphatic heterocycles. The first kappa shape index (κ1) is 20.8. The van der Waals surface area contributed by atoms with Crippen molar-refractivity contribution in [1.82, 2.24) is 14.7 Å². The van der Waals surface area contributed by atoms with Crippen molar-refractivity contribution in [2.45, 2.75) is 52.6 Å². The third-order valence-corrected chi connectivity index (χ3v) is 5.29. The van der Waals surface area contributed by atoms with Crippen LogP contribution in [0.25, 0.3) is 11.8 Å². The molecule has 6 nitrogen and oxygen atoms in total. The summed E-state index contributed by atoms with van der Waals surface area (Å²) in [5.74, 6) is -0.634. The number of hydrogen-bond acceptors (Lipinski definition) is 4. The van der Waals surface area contributed by atoms with Gasteiger partial charge in [-0.25, -0.2) is 9.48 Å². The fourth-order valence-corrected chi connectivity index (χ4v) is 3.68. The molecule has 0 radical (unpaired) electrons. The van der Waals surface area contributed by atoms with E-state index in [1.165, 1.54) is 6.08 Å². The molecule has 2 aromatic rings. The second kappa shape index (κ2) is 9.54. The van der Waals surface area contributed by atoms with Gasteiger partial charge < -0.3 is 9.64 Å². The lowest BCUT2D eigenvalue weighted by Gasteiger charge is -2.23. The van der Waals surface area contributed by atoms with Crippen molar-refractivity contribution in [2.75, 3.05) is 13.1 Å². The van der Waals surface area contributed by atoms with Crippen LogP contribution in [0.15, 0.2) is 36.4 Å². The Kier molecular flexibility index (Phi) is 6.86. The van der Waals surface area contributed by atoms with Crippen molar-refractivity contribution in [3.05, 3.63) is 53.4 Å². The minimum atomic E-state index is -0.778. The summed E-state index contributed by atoms with van der Waals surface area (Å²) in [7, 11) is 0. The van der Waals surface area contributed by atoms with E-state index < -0.39 is 12.1 Å². The Morgan fingerprint density at radius 1 is 1.07 bits per heavy atom. The van der Waals surface area contributed by atoms with E-state index >= 15 is 0 Å². The molecule has 29 heavy (non-hydrogen) atoms. The fourth-order valence-electron chi connectivity index (χ4n) is 3.68. The topological polar surface area (TPSA) is 64.4 Å². The zero-order valence-electron chi connectivity index (χ0n) is 17.4. The molecule has 0 bridgehead atoms. The van der Waals surface area contributed by atoms with Crippen molar-refractivity contribution < 1.29 is 14.3 Å². The standard InChI is InChI=1S/C23H29N3O3/c1-17-21(18(2)26(24-17)20-11-7-6-8-12-20)13-14-22(27)29-19(3)23(28)25-15-9-4-5-10-16-25/h6-8,11-14,19H,4-5,9-10,15-16H2,1-3H3/b14-13+/t19-/m1/s1. The van der Waals surface area contributed by atoms with E-state index in [-0.39, 0.29) is 5.91 Å². The number of carbonyl (C=O) groups is 2. The van der Waals surface area contributed by atoms with Gasteiger partial charge in [0, 0.05) is 30.4 Å². The molecule has 3 rings (SSSR count). The Bertz CT molecular complexity index is 878. The van der Waals surface area contributed by atoms with Gasteiger partial charge in [-0.15, -0.1) is 0 Å². The Balaban J connectivity index is 1.64. The van der Waals surface area contributed by atoms with Crippen LogP contribution in [0.3, 0.4) is 0 Å². The predicted octanol–water partition coefficient (Wildman–Crippen LogP) is 3.84. The summed E-state index contributed by atoms with van der Waals surface area (Å²) in [6, 6.07) is 9.84. The van der Waals surface area contributed by atoms with Crippen LogP contribution in [0, 0.1) is 13.8 Å². The van der Waals surface area contributed by atoms with E-state index in [0.29, 0.717) is 0 Å². The van der Waals surface area contributed by atoms with E-state index in [9.17, 15) is 9.59 Å². The smallest absolute Gasteiger partial charge is 0.331 e. The minimum absolute atomic E-state index is 0.113. The van der Waals surface area contributed by atoms with Crippen LogP contribution in [0.5, 0.6) is 0 Å². The first-order valence-electron chi connectivity index (χ1n) is 10.3. The average molecular weight is 396 g/mol. The Labute approximate surface area is 172 Å². The normalized spacial score (nSPS) is 15.9. The third kappa shape index (κ3) is 5.13. The van der Waals surface area contributed by atoms with Gasteiger partial charge in [0.25, 0.3) is 5.91 Å². The van der Waals surface area contributed by atoms with Gasteiger partial charge in [0.05, 0.1) is 11.4 Å². The Hall–Kier alpha value is -2.89. The third-order valence-electron chi connectivity index (χ3n) is 5.29. The molecule has 1 aliphatic rings. The molecule has 2 heterocycles. The quantitative estimate of drug-likeness (QED) is 0.570. The molecule has 6 heteroatoms. The molecule has 0 N–H and O–H groups in total. The zero-order valence-corrected chi connectivity index (χ0v) is 17.4. The Morgan fingerprint density at radius 2 is 1.72 bits per heavy atom. The lowest BCUT2D eigenvalue weighted by molar-refractivity contribution is -0.155. The van der Waals surface area contributed by atoms with Crippen LogP contribution in [0.1, 0.15) is 49.6 Å². The number of nitrogens with zero attached hydrogens (tertiary/aromatic N) is 3. The Morgan fingerprint density at radius 3 is 2.38 bits per heavy atom. The van der Waals surface area contributed by atoms with Gasteiger partial charge in [-0.05, 0) is 51.8 Å². The summed E-state index contributed by atoms with van der Waals surface area (Å²) in [6.07, 6.45) is 6.62. The molecule has 1 amide bonds. The van der Waals surface area contributed by atoms with Crippen molar-refractivity contribution in [2.24, 2.45) is 0 Å². The highest BCUT2D eigenvalue weighted by Crippen LogP contribution is 2.19.